The Bertz CT molecular complexity index is 780. The van der Waals surface area contributed by atoms with Crippen LogP contribution in [0.25, 0.3) is 11.3 Å². The zero-order chi connectivity index (χ0) is 17.3. The van der Waals surface area contributed by atoms with Crippen LogP contribution in [0.15, 0.2) is 24.3 Å². The monoisotopic (exact) mass is 333 g/mol. The molecule has 7 heteroatoms. The van der Waals surface area contributed by atoms with E-state index in [0.29, 0.717) is 27.7 Å². The molecule has 0 atom stereocenters. The fourth-order valence-electron chi connectivity index (χ4n) is 2.41. The van der Waals surface area contributed by atoms with Crippen LogP contribution < -0.4 is 4.90 Å². The van der Waals surface area contributed by atoms with Crippen LogP contribution in [0.3, 0.4) is 0 Å². The molecule has 0 spiro atoms. The van der Waals surface area contributed by atoms with E-state index in [9.17, 15) is 14.4 Å². The van der Waals surface area contributed by atoms with E-state index in [0.717, 1.165) is 4.90 Å². The Labute approximate surface area is 138 Å². The number of carbonyl (C=O) groups excluding carboxylic acids is 3. The first-order valence-corrected chi connectivity index (χ1v) is 7.29. The Kier molecular flexibility index (Phi) is 4.65. The lowest BCUT2D eigenvalue weighted by Crippen LogP contribution is -2.34. The molecule has 2 rings (SSSR count). The molecule has 0 aliphatic rings. The lowest BCUT2D eigenvalue weighted by Gasteiger charge is -2.18. The summed E-state index contributed by atoms with van der Waals surface area (Å²) < 4.78 is 1.18. The van der Waals surface area contributed by atoms with Crippen LogP contribution in [0.2, 0.25) is 5.02 Å². The number of aromatic nitrogens is 2. The van der Waals surface area contributed by atoms with Crippen molar-refractivity contribution < 1.29 is 14.4 Å². The molecule has 0 aliphatic heterocycles. The molecule has 1 heterocycles. The van der Waals surface area contributed by atoms with E-state index in [2.05, 4.69) is 5.10 Å². The highest BCUT2D eigenvalue weighted by Crippen LogP contribution is 2.34. The van der Waals surface area contributed by atoms with Gasteiger partial charge in [-0.1, -0.05) is 23.7 Å². The molecular formula is C16H16ClN3O3. The molecule has 0 N–H and O–H groups in total. The smallest absolute Gasteiger partial charge is 0.244 e. The predicted molar refractivity (Wildman–Crippen MR) is 87.6 cm³/mol. The van der Waals surface area contributed by atoms with Gasteiger partial charge >= 0.3 is 0 Å². The summed E-state index contributed by atoms with van der Waals surface area (Å²) in [6.07, 6.45) is 0. The first-order valence-electron chi connectivity index (χ1n) is 6.91. The van der Waals surface area contributed by atoms with Gasteiger partial charge in [-0.3, -0.25) is 14.4 Å². The van der Waals surface area contributed by atoms with E-state index >= 15 is 0 Å². The average Bonchev–Trinajstić information content (AvgIpc) is 2.77. The SMILES string of the molecule is CC(=O)N(C(C)=O)c1c(-c2ccc(Cl)cc2)nn(C(C)=O)c1C. The summed E-state index contributed by atoms with van der Waals surface area (Å²) in [6.45, 7) is 5.58. The minimum Gasteiger partial charge on any atom is -0.274 e. The summed E-state index contributed by atoms with van der Waals surface area (Å²) >= 11 is 5.89. The van der Waals surface area contributed by atoms with Gasteiger partial charge in [-0.05, 0) is 19.1 Å². The van der Waals surface area contributed by atoms with Crippen molar-refractivity contribution in [3.05, 3.63) is 35.0 Å². The van der Waals surface area contributed by atoms with Gasteiger partial charge in [0.25, 0.3) is 0 Å². The van der Waals surface area contributed by atoms with Gasteiger partial charge in [0, 0.05) is 31.4 Å². The largest absolute Gasteiger partial charge is 0.274 e. The van der Waals surface area contributed by atoms with Crippen LogP contribution in [-0.2, 0) is 9.59 Å². The zero-order valence-electron chi connectivity index (χ0n) is 13.3. The van der Waals surface area contributed by atoms with Crippen LogP contribution in [0.1, 0.15) is 31.3 Å². The maximum Gasteiger partial charge on any atom is 0.244 e. The van der Waals surface area contributed by atoms with Gasteiger partial charge in [0.2, 0.25) is 17.7 Å². The van der Waals surface area contributed by atoms with E-state index < -0.39 is 11.8 Å². The number of hydrogen-bond donors (Lipinski definition) is 0. The molecule has 2 amide bonds. The fraction of sp³-hybridized carbons (Fsp3) is 0.250. The van der Waals surface area contributed by atoms with Crippen LogP contribution in [0, 0.1) is 6.92 Å². The molecule has 23 heavy (non-hydrogen) atoms. The summed E-state index contributed by atoms with van der Waals surface area (Å²) in [5.41, 5.74) is 1.76. The normalized spacial score (nSPS) is 10.5. The van der Waals surface area contributed by atoms with Crippen molar-refractivity contribution >= 4 is 35.0 Å². The quantitative estimate of drug-likeness (QED) is 0.846. The van der Waals surface area contributed by atoms with Crippen molar-refractivity contribution in [2.75, 3.05) is 4.90 Å². The predicted octanol–water partition coefficient (Wildman–Crippen LogP) is 3.07. The van der Waals surface area contributed by atoms with Gasteiger partial charge in [0.05, 0.1) is 5.69 Å². The molecule has 0 fully saturated rings. The number of imide groups is 1. The van der Waals surface area contributed by atoms with Crippen LogP contribution in [0.4, 0.5) is 5.69 Å². The van der Waals surface area contributed by atoms with Crippen LogP contribution in [-0.4, -0.2) is 27.5 Å². The van der Waals surface area contributed by atoms with Crippen molar-refractivity contribution in [3.8, 4) is 11.3 Å². The van der Waals surface area contributed by atoms with Gasteiger partial charge < -0.3 is 0 Å². The van der Waals surface area contributed by atoms with Gasteiger partial charge in [-0.15, -0.1) is 0 Å². The lowest BCUT2D eigenvalue weighted by molar-refractivity contribution is -0.124. The second-order valence-electron chi connectivity index (χ2n) is 5.09. The number of nitrogens with zero attached hydrogens (tertiary/aromatic N) is 3. The second kappa shape index (κ2) is 6.34. The standard InChI is InChI=1S/C16H16ClN3O3/c1-9-16(19(10(2)21)11(3)22)15(18-20(9)12(4)23)13-5-7-14(17)8-6-13/h5-8H,1-4H3. The molecular weight excluding hydrogens is 318 g/mol. The maximum absolute atomic E-state index is 11.9. The van der Waals surface area contributed by atoms with E-state index in [1.54, 1.807) is 31.2 Å². The number of carbonyl (C=O) groups is 3. The lowest BCUT2D eigenvalue weighted by atomic mass is 10.1. The van der Waals surface area contributed by atoms with Crippen molar-refractivity contribution in [1.82, 2.24) is 9.78 Å². The number of halogens is 1. The maximum atomic E-state index is 11.9. The Morgan fingerprint density at radius 3 is 2.00 bits per heavy atom. The molecule has 0 bridgehead atoms. The Morgan fingerprint density at radius 1 is 1.04 bits per heavy atom. The number of benzene rings is 1. The molecule has 1 aromatic heterocycles. The molecule has 0 radical (unpaired) electrons. The number of anilines is 1. The third kappa shape index (κ3) is 3.17. The van der Waals surface area contributed by atoms with Gasteiger partial charge in [-0.2, -0.15) is 5.10 Å². The highest BCUT2D eigenvalue weighted by molar-refractivity contribution is 6.30. The Morgan fingerprint density at radius 2 is 1.57 bits per heavy atom. The van der Waals surface area contributed by atoms with E-state index in [1.807, 2.05) is 0 Å². The molecule has 0 saturated heterocycles. The van der Waals surface area contributed by atoms with Crippen molar-refractivity contribution in [2.45, 2.75) is 27.7 Å². The highest BCUT2D eigenvalue weighted by Gasteiger charge is 2.28. The van der Waals surface area contributed by atoms with Crippen molar-refractivity contribution in [2.24, 2.45) is 0 Å². The number of amides is 2. The molecule has 120 valence electrons. The summed E-state index contributed by atoms with van der Waals surface area (Å²) in [4.78, 5) is 36.6. The van der Waals surface area contributed by atoms with Gasteiger partial charge in [-0.25, -0.2) is 9.58 Å². The van der Waals surface area contributed by atoms with E-state index in [1.165, 1.54) is 25.5 Å². The van der Waals surface area contributed by atoms with Crippen molar-refractivity contribution in [3.63, 3.8) is 0 Å². The summed E-state index contributed by atoms with van der Waals surface area (Å²) in [5.74, 6) is -1.20. The third-order valence-corrected chi connectivity index (χ3v) is 3.61. The molecule has 0 unspecified atom stereocenters. The second-order valence-corrected chi connectivity index (χ2v) is 5.53. The van der Waals surface area contributed by atoms with Gasteiger partial charge in [0.1, 0.15) is 11.4 Å². The van der Waals surface area contributed by atoms with Crippen LogP contribution in [0.5, 0.6) is 0 Å². The first-order chi connectivity index (χ1) is 10.7. The minimum atomic E-state index is -0.445. The number of hydrogen-bond acceptors (Lipinski definition) is 4. The summed E-state index contributed by atoms with van der Waals surface area (Å²) in [7, 11) is 0. The number of rotatable bonds is 2. The molecule has 0 aliphatic carbocycles. The van der Waals surface area contributed by atoms with Crippen LogP contribution >= 0.6 is 11.6 Å². The molecule has 0 saturated carbocycles. The van der Waals surface area contributed by atoms with Crippen molar-refractivity contribution in [1.29, 1.82) is 0 Å². The zero-order valence-corrected chi connectivity index (χ0v) is 14.0. The van der Waals surface area contributed by atoms with E-state index in [-0.39, 0.29) is 5.91 Å². The molecule has 6 nitrogen and oxygen atoms in total. The Balaban J connectivity index is 2.77. The fourth-order valence-corrected chi connectivity index (χ4v) is 2.53. The molecule has 1 aromatic carbocycles. The Hall–Kier alpha value is -2.47. The highest BCUT2D eigenvalue weighted by atomic mass is 35.5. The first kappa shape index (κ1) is 16.9. The average molecular weight is 334 g/mol. The van der Waals surface area contributed by atoms with Gasteiger partial charge in [0.15, 0.2) is 0 Å². The minimum absolute atomic E-state index is 0.308. The summed E-state index contributed by atoms with van der Waals surface area (Å²) in [5, 5.41) is 4.82. The molecule has 2 aromatic rings. The summed E-state index contributed by atoms with van der Waals surface area (Å²) in [6, 6.07) is 6.79. The third-order valence-electron chi connectivity index (χ3n) is 3.35. The topological polar surface area (TPSA) is 72.3 Å². The van der Waals surface area contributed by atoms with E-state index in [4.69, 9.17) is 11.6 Å².